The summed E-state index contributed by atoms with van der Waals surface area (Å²) in [5, 5.41) is 14.4. The van der Waals surface area contributed by atoms with E-state index in [4.69, 9.17) is 0 Å². The number of hydrogen-bond acceptors (Lipinski definition) is 4. The minimum absolute atomic E-state index is 0.00928. The van der Waals surface area contributed by atoms with Crippen molar-refractivity contribution in [2.24, 2.45) is 11.8 Å². The predicted molar refractivity (Wildman–Crippen MR) is 158 cm³/mol. The van der Waals surface area contributed by atoms with Gasteiger partial charge in [-0.3, -0.25) is 9.59 Å². The second kappa shape index (κ2) is 11.3. The number of carbonyl (C=O) groups excluding carboxylic acids is 2. The molecular formula is C32H54N4O2. The molecule has 0 aliphatic carbocycles. The highest BCUT2D eigenvalue weighted by atomic mass is 16.2. The zero-order valence-corrected chi connectivity index (χ0v) is 25.7. The first kappa shape index (κ1) is 30.6. The van der Waals surface area contributed by atoms with Crippen LogP contribution in [0.1, 0.15) is 128 Å². The highest BCUT2D eigenvalue weighted by molar-refractivity contribution is 5.98. The summed E-state index contributed by atoms with van der Waals surface area (Å²) in [6.45, 7) is 22.4. The van der Waals surface area contributed by atoms with Crippen LogP contribution in [-0.2, 0) is 0 Å². The molecular weight excluding hydrogens is 472 g/mol. The predicted octanol–water partition coefficient (Wildman–Crippen LogP) is 5.82. The van der Waals surface area contributed by atoms with E-state index in [2.05, 4.69) is 90.5 Å². The number of hydrogen-bond donors (Lipinski definition) is 4. The summed E-state index contributed by atoms with van der Waals surface area (Å²) in [5.41, 5.74) is 1.11. The van der Waals surface area contributed by atoms with Gasteiger partial charge in [0.2, 0.25) is 0 Å². The van der Waals surface area contributed by atoms with E-state index in [-0.39, 0.29) is 46.1 Å². The Hall–Kier alpha value is -1.92. The van der Waals surface area contributed by atoms with Crippen molar-refractivity contribution < 1.29 is 9.59 Å². The molecule has 8 unspecified atom stereocenters. The van der Waals surface area contributed by atoms with Crippen molar-refractivity contribution in [3.05, 3.63) is 35.4 Å². The van der Waals surface area contributed by atoms with E-state index in [0.29, 0.717) is 23.0 Å². The molecule has 2 heterocycles. The summed E-state index contributed by atoms with van der Waals surface area (Å²) in [7, 11) is 0. The third kappa shape index (κ3) is 6.12. The smallest absolute Gasteiger partial charge is 0.251 e. The molecule has 2 aliphatic rings. The normalized spacial score (nSPS) is 39.4. The van der Waals surface area contributed by atoms with Crippen molar-refractivity contribution in [3.8, 4) is 0 Å². The van der Waals surface area contributed by atoms with Gasteiger partial charge >= 0.3 is 0 Å². The molecule has 6 heteroatoms. The molecule has 4 N–H and O–H groups in total. The maximum atomic E-state index is 13.3. The molecule has 8 atom stereocenters. The van der Waals surface area contributed by atoms with Crippen LogP contribution in [0.15, 0.2) is 24.3 Å². The Morgan fingerprint density at radius 1 is 0.684 bits per heavy atom. The van der Waals surface area contributed by atoms with Crippen molar-refractivity contribution in [1.29, 1.82) is 0 Å². The summed E-state index contributed by atoms with van der Waals surface area (Å²) in [5.74, 6) is 0.459. The summed E-state index contributed by atoms with van der Waals surface area (Å²) >= 11 is 0. The average Bonchev–Trinajstić information content (AvgIpc) is 2.90. The fourth-order valence-corrected chi connectivity index (χ4v) is 6.84. The zero-order chi connectivity index (χ0) is 28.5. The first-order valence-corrected chi connectivity index (χ1v) is 15.0. The number of nitrogens with one attached hydrogen (secondary N) is 4. The van der Waals surface area contributed by atoms with Crippen LogP contribution in [0.3, 0.4) is 0 Å². The molecule has 0 radical (unpaired) electrons. The van der Waals surface area contributed by atoms with Gasteiger partial charge in [0.25, 0.3) is 11.8 Å². The Kier molecular flexibility index (Phi) is 9.10. The minimum atomic E-state index is -0.0722. The maximum Gasteiger partial charge on any atom is 0.251 e. The van der Waals surface area contributed by atoms with Crippen molar-refractivity contribution >= 4 is 11.8 Å². The van der Waals surface area contributed by atoms with Crippen LogP contribution in [0, 0.1) is 11.8 Å². The highest BCUT2D eigenvalue weighted by Gasteiger charge is 2.48. The minimum Gasteiger partial charge on any atom is -0.349 e. The number of amides is 2. The van der Waals surface area contributed by atoms with Crippen molar-refractivity contribution in [2.75, 3.05) is 0 Å². The van der Waals surface area contributed by atoms with E-state index < -0.39 is 0 Å². The molecule has 214 valence electrons. The Bertz CT molecular complexity index is 917. The lowest BCUT2D eigenvalue weighted by atomic mass is 9.69. The van der Waals surface area contributed by atoms with Crippen molar-refractivity contribution in [1.82, 2.24) is 21.3 Å². The lowest BCUT2D eigenvalue weighted by Gasteiger charge is -2.53. The first-order chi connectivity index (χ1) is 17.7. The van der Waals surface area contributed by atoms with E-state index in [1.165, 1.54) is 0 Å². The van der Waals surface area contributed by atoms with Crippen LogP contribution < -0.4 is 21.3 Å². The Morgan fingerprint density at radius 3 is 1.26 bits per heavy atom. The molecule has 2 amide bonds. The monoisotopic (exact) mass is 526 g/mol. The van der Waals surface area contributed by atoms with Gasteiger partial charge in [-0.2, -0.15) is 0 Å². The van der Waals surface area contributed by atoms with Crippen LogP contribution in [0.2, 0.25) is 0 Å². The Morgan fingerprint density at radius 2 is 1.00 bits per heavy atom. The van der Waals surface area contributed by atoms with Gasteiger partial charge in [-0.1, -0.05) is 41.5 Å². The van der Waals surface area contributed by atoms with E-state index in [0.717, 1.165) is 38.5 Å². The van der Waals surface area contributed by atoms with Gasteiger partial charge in [0.15, 0.2) is 0 Å². The van der Waals surface area contributed by atoms with Crippen molar-refractivity contribution in [3.63, 3.8) is 0 Å². The molecule has 2 aliphatic heterocycles. The lowest BCUT2D eigenvalue weighted by molar-refractivity contribution is 0.0522. The largest absolute Gasteiger partial charge is 0.349 e. The van der Waals surface area contributed by atoms with Crippen molar-refractivity contribution in [2.45, 2.75) is 142 Å². The average molecular weight is 527 g/mol. The summed E-state index contributed by atoms with van der Waals surface area (Å²) in [6.07, 6.45) is 5.82. The van der Waals surface area contributed by atoms with E-state index in [9.17, 15) is 9.59 Å². The molecule has 2 fully saturated rings. The van der Waals surface area contributed by atoms with E-state index >= 15 is 0 Å². The van der Waals surface area contributed by atoms with Crippen LogP contribution in [0.4, 0.5) is 0 Å². The molecule has 1 aromatic carbocycles. The summed E-state index contributed by atoms with van der Waals surface area (Å²) in [4.78, 5) is 26.5. The van der Waals surface area contributed by atoms with Gasteiger partial charge in [0.1, 0.15) is 0 Å². The van der Waals surface area contributed by atoms with Crippen LogP contribution in [-0.4, -0.2) is 46.1 Å². The van der Waals surface area contributed by atoms with Gasteiger partial charge in [-0.05, 0) is 102 Å². The van der Waals surface area contributed by atoms with Gasteiger partial charge in [0, 0.05) is 45.4 Å². The highest BCUT2D eigenvalue weighted by Crippen LogP contribution is 2.38. The van der Waals surface area contributed by atoms with Gasteiger partial charge in [0.05, 0.1) is 0 Å². The molecule has 1 aromatic rings. The molecule has 0 saturated carbocycles. The molecule has 3 rings (SSSR count). The SMILES string of the molecule is CCC1(C)CC(NC(=O)c2ccc(C(=O)NC3CC(C)(CC)NC(C)(CC)C3C)cc2)C(C)C(C)(CC)N1. The molecule has 38 heavy (non-hydrogen) atoms. The standard InChI is InChI=1S/C32H54N4O2/c1-11-29(7)19-25(21(5)31(9,13-3)35-29)33-27(37)23-15-17-24(18-16-23)28(38)34-26-20-30(8,12-2)36-32(10,14-4)22(26)6/h15-18,21-22,25-26,35-36H,11-14,19-20H2,1-10H3,(H,33,37)(H,34,38). The number of carbonyl (C=O) groups is 2. The van der Waals surface area contributed by atoms with Crippen LogP contribution in [0.25, 0.3) is 0 Å². The molecule has 0 spiro atoms. The second-order valence-electron chi connectivity index (χ2n) is 13.3. The molecule has 6 nitrogen and oxygen atoms in total. The fraction of sp³-hybridized carbons (Fsp3) is 0.750. The fourth-order valence-electron chi connectivity index (χ4n) is 6.84. The maximum absolute atomic E-state index is 13.3. The summed E-state index contributed by atoms with van der Waals surface area (Å²) < 4.78 is 0. The Labute approximate surface area is 231 Å². The van der Waals surface area contributed by atoms with Gasteiger partial charge in [-0.15, -0.1) is 0 Å². The van der Waals surface area contributed by atoms with Gasteiger partial charge < -0.3 is 21.3 Å². The zero-order valence-electron chi connectivity index (χ0n) is 25.7. The van der Waals surface area contributed by atoms with E-state index in [1.54, 1.807) is 24.3 Å². The third-order valence-corrected chi connectivity index (χ3v) is 10.8. The first-order valence-electron chi connectivity index (χ1n) is 15.0. The number of benzene rings is 1. The Balaban J connectivity index is 1.70. The second-order valence-corrected chi connectivity index (χ2v) is 13.3. The summed E-state index contributed by atoms with van der Waals surface area (Å²) in [6, 6.07) is 7.31. The molecule has 0 bridgehead atoms. The lowest BCUT2D eigenvalue weighted by Crippen LogP contribution is -2.68. The van der Waals surface area contributed by atoms with E-state index in [1.807, 2.05) is 0 Å². The molecule has 2 saturated heterocycles. The quantitative estimate of drug-likeness (QED) is 0.344. The number of piperidine rings is 2. The van der Waals surface area contributed by atoms with Crippen LogP contribution >= 0.6 is 0 Å². The number of rotatable bonds is 8. The third-order valence-electron chi connectivity index (χ3n) is 10.8. The molecule has 0 aromatic heterocycles. The van der Waals surface area contributed by atoms with Gasteiger partial charge in [-0.25, -0.2) is 0 Å². The topological polar surface area (TPSA) is 82.3 Å². The van der Waals surface area contributed by atoms with Crippen LogP contribution in [0.5, 0.6) is 0 Å².